The Balaban J connectivity index is 1.95. The molecule has 0 aromatic heterocycles. The summed E-state index contributed by atoms with van der Waals surface area (Å²) in [4.78, 5) is 14.1. The van der Waals surface area contributed by atoms with Crippen LogP contribution in [0.1, 0.15) is 18.1 Å². The van der Waals surface area contributed by atoms with Crippen molar-refractivity contribution in [2.24, 2.45) is 0 Å². The molecule has 10 heteroatoms. The molecule has 2 aromatic rings. The highest BCUT2D eigenvalue weighted by Crippen LogP contribution is 2.41. The van der Waals surface area contributed by atoms with Crippen molar-refractivity contribution in [2.45, 2.75) is 13.1 Å². The molecular formula is C19H13ClF3NO3S2. The fraction of sp³-hybridized carbons (Fsp3) is 0.158. The zero-order valence-electron chi connectivity index (χ0n) is 14.8. The third-order valence-corrected chi connectivity index (χ3v) is 5.52. The van der Waals surface area contributed by atoms with E-state index in [4.69, 9.17) is 28.6 Å². The first kappa shape index (κ1) is 21.5. The Morgan fingerprint density at radius 1 is 1.28 bits per heavy atom. The molecule has 0 radical (unpaired) electrons. The van der Waals surface area contributed by atoms with Gasteiger partial charge >= 0.3 is 6.18 Å². The maximum Gasteiger partial charge on any atom is 0.417 e. The number of amides is 1. The lowest BCUT2D eigenvalue weighted by molar-refractivity contribution is -0.137. The molecule has 1 amide bonds. The van der Waals surface area contributed by atoms with Gasteiger partial charge in [0.25, 0.3) is 5.91 Å². The molecule has 1 aliphatic rings. The number of alkyl halides is 3. The summed E-state index contributed by atoms with van der Waals surface area (Å²) >= 11 is 11.8. The number of benzene rings is 2. The largest absolute Gasteiger partial charge is 0.504 e. The van der Waals surface area contributed by atoms with Crippen LogP contribution in [0.15, 0.2) is 41.3 Å². The van der Waals surface area contributed by atoms with Gasteiger partial charge in [0, 0.05) is 0 Å². The molecule has 152 valence electrons. The summed E-state index contributed by atoms with van der Waals surface area (Å²) in [6.07, 6.45) is -3.13. The molecule has 0 saturated carbocycles. The number of anilines is 1. The van der Waals surface area contributed by atoms with Gasteiger partial charge in [-0.1, -0.05) is 41.6 Å². The van der Waals surface area contributed by atoms with E-state index in [0.29, 0.717) is 12.2 Å². The number of phenols is 1. The number of hydrogen-bond donors (Lipinski definition) is 1. The maximum absolute atomic E-state index is 13.1. The third kappa shape index (κ3) is 4.52. The number of thiocarbonyl (C=S) groups is 1. The third-order valence-electron chi connectivity index (χ3n) is 3.89. The fourth-order valence-corrected chi connectivity index (χ4v) is 4.13. The number of rotatable bonds is 4. The summed E-state index contributed by atoms with van der Waals surface area (Å²) in [7, 11) is 0. The summed E-state index contributed by atoms with van der Waals surface area (Å²) < 4.78 is 44.8. The fourth-order valence-electron chi connectivity index (χ4n) is 2.60. The van der Waals surface area contributed by atoms with Gasteiger partial charge in [0.15, 0.2) is 15.8 Å². The molecule has 3 rings (SSSR count). The van der Waals surface area contributed by atoms with Crippen molar-refractivity contribution < 1.29 is 27.8 Å². The summed E-state index contributed by atoms with van der Waals surface area (Å²) in [5, 5.41) is 9.31. The van der Waals surface area contributed by atoms with Gasteiger partial charge < -0.3 is 9.84 Å². The molecule has 1 heterocycles. The molecule has 1 aliphatic heterocycles. The number of nitrogens with zero attached hydrogens (tertiary/aromatic N) is 1. The minimum atomic E-state index is -4.66. The number of halogens is 4. The highest BCUT2D eigenvalue weighted by molar-refractivity contribution is 8.27. The summed E-state index contributed by atoms with van der Waals surface area (Å²) in [5.41, 5.74) is -0.498. The van der Waals surface area contributed by atoms with Crippen LogP contribution in [0, 0.1) is 0 Å². The number of carbonyl (C=O) groups is 1. The summed E-state index contributed by atoms with van der Waals surface area (Å²) in [6.45, 7) is 2.11. The van der Waals surface area contributed by atoms with Crippen molar-refractivity contribution >= 4 is 57.6 Å². The second kappa shape index (κ2) is 8.25. The van der Waals surface area contributed by atoms with E-state index >= 15 is 0 Å². The Bertz CT molecular complexity index is 1020. The van der Waals surface area contributed by atoms with E-state index in [1.165, 1.54) is 18.2 Å². The van der Waals surface area contributed by atoms with Crippen LogP contribution in [-0.4, -0.2) is 21.9 Å². The molecular weight excluding hydrogens is 447 g/mol. The number of phenolic OH excluding ortho intramolecular Hbond substituents is 1. The van der Waals surface area contributed by atoms with Gasteiger partial charge in [-0.2, -0.15) is 13.2 Å². The van der Waals surface area contributed by atoms with E-state index in [9.17, 15) is 23.1 Å². The molecule has 1 fully saturated rings. The molecule has 0 spiro atoms. The first-order valence-electron chi connectivity index (χ1n) is 8.22. The van der Waals surface area contributed by atoms with Crippen LogP contribution in [-0.2, 0) is 11.0 Å². The van der Waals surface area contributed by atoms with Crippen molar-refractivity contribution in [3.63, 3.8) is 0 Å². The predicted octanol–water partition coefficient (Wildman–Crippen LogP) is 5.87. The van der Waals surface area contributed by atoms with Gasteiger partial charge in [0.05, 0.1) is 27.8 Å². The van der Waals surface area contributed by atoms with Gasteiger partial charge in [0.1, 0.15) is 0 Å². The van der Waals surface area contributed by atoms with E-state index in [-0.39, 0.29) is 26.4 Å². The van der Waals surface area contributed by atoms with Crippen LogP contribution < -0.4 is 9.64 Å². The van der Waals surface area contributed by atoms with Gasteiger partial charge in [-0.05, 0) is 48.9 Å². The molecule has 2 aromatic carbocycles. The standard InChI is InChI=1S/C19H13ClF3NO3S2/c1-2-27-15-7-10(3-6-14(15)25)8-16-17(26)24(18(28)29-16)11-4-5-13(20)12(9-11)19(21,22)23/h3-9,25H,2H2,1H3. The monoisotopic (exact) mass is 459 g/mol. The number of aromatic hydroxyl groups is 1. The number of ether oxygens (including phenoxy) is 1. The first-order valence-corrected chi connectivity index (χ1v) is 9.82. The normalized spacial score (nSPS) is 16.0. The highest BCUT2D eigenvalue weighted by atomic mass is 35.5. The first-order chi connectivity index (χ1) is 13.6. The Hall–Kier alpha value is -2.23. The maximum atomic E-state index is 13.1. The minimum Gasteiger partial charge on any atom is -0.504 e. The lowest BCUT2D eigenvalue weighted by atomic mass is 10.1. The zero-order chi connectivity index (χ0) is 21.3. The molecule has 4 nitrogen and oxygen atoms in total. The Kier molecular flexibility index (Phi) is 6.11. The number of thioether (sulfide) groups is 1. The van der Waals surface area contributed by atoms with Crippen LogP contribution in [0.4, 0.5) is 18.9 Å². The summed E-state index contributed by atoms with van der Waals surface area (Å²) in [6, 6.07) is 7.73. The topological polar surface area (TPSA) is 49.8 Å². The number of carbonyl (C=O) groups excluding carboxylic acids is 1. The Morgan fingerprint density at radius 2 is 2.00 bits per heavy atom. The van der Waals surface area contributed by atoms with Gasteiger partial charge in [-0.25, -0.2) is 0 Å². The van der Waals surface area contributed by atoms with Crippen molar-refractivity contribution in [1.82, 2.24) is 0 Å². The van der Waals surface area contributed by atoms with E-state index in [1.807, 2.05) is 0 Å². The highest BCUT2D eigenvalue weighted by Gasteiger charge is 2.37. The average molecular weight is 460 g/mol. The van der Waals surface area contributed by atoms with Crippen molar-refractivity contribution in [2.75, 3.05) is 11.5 Å². The molecule has 1 saturated heterocycles. The van der Waals surface area contributed by atoms with Crippen molar-refractivity contribution in [3.05, 3.63) is 57.5 Å². The molecule has 0 unspecified atom stereocenters. The van der Waals surface area contributed by atoms with Crippen LogP contribution >= 0.6 is 35.6 Å². The molecule has 1 N–H and O–H groups in total. The van der Waals surface area contributed by atoms with E-state index < -0.39 is 22.7 Å². The Morgan fingerprint density at radius 3 is 2.66 bits per heavy atom. The van der Waals surface area contributed by atoms with Crippen LogP contribution in [0.5, 0.6) is 11.5 Å². The van der Waals surface area contributed by atoms with Crippen molar-refractivity contribution in [3.8, 4) is 11.5 Å². The molecule has 29 heavy (non-hydrogen) atoms. The second-order valence-corrected chi connectivity index (χ2v) is 7.92. The minimum absolute atomic E-state index is 0.0201. The van der Waals surface area contributed by atoms with Crippen LogP contribution in [0.2, 0.25) is 5.02 Å². The lowest BCUT2D eigenvalue weighted by Gasteiger charge is -2.17. The summed E-state index contributed by atoms with van der Waals surface area (Å²) in [5.74, 6) is -0.344. The second-order valence-electron chi connectivity index (χ2n) is 5.84. The molecule has 0 bridgehead atoms. The average Bonchev–Trinajstić information content (AvgIpc) is 2.91. The number of hydrogen-bond acceptors (Lipinski definition) is 5. The SMILES string of the molecule is CCOc1cc(C=C2SC(=S)N(c3ccc(Cl)c(C(F)(F)F)c3)C2=O)ccc1O. The molecule has 0 aliphatic carbocycles. The van der Waals surface area contributed by atoms with E-state index in [0.717, 1.165) is 28.8 Å². The quantitative estimate of drug-likeness (QED) is 0.458. The van der Waals surface area contributed by atoms with Gasteiger partial charge in [0.2, 0.25) is 0 Å². The van der Waals surface area contributed by atoms with Crippen molar-refractivity contribution in [1.29, 1.82) is 0 Å². The van der Waals surface area contributed by atoms with Gasteiger partial charge in [-0.3, -0.25) is 9.69 Å². The van der Waals surface area contributed by atoms with Crippen LogP contribution in [0.25, 0.3) is 6.08 Å². The van der Waals surface area contributed by atoms with E-state index in [1.54, 1.807) is 19.1 Å². The Labute approximate surface area is 178 Å². The smallest absolute Gasteiger partial charge is 0.417 e. The lowest BCUT2D eigenvalue weighted by Crippen LogP contribution is -2.27. The van der Waals surface area contributed by atoms with E-state index in [2.05, 4.69) is 0 Å². The van der Waals surface area contributed by atoms with Crippen LogP contribution in [0.3, 0.4) is 0 Å². The van der Waals surface area contributed by atoms with Gasteiger partial charge in [-0.15, -0.1) is 0 Å². The predicted molar refractivity (Wildman–Crippen MR) is 111 cm³/mol. The zero-order valence-corrected chi connectivity index (χ0v) is 17.2. The molecule has 0 atom stereocenters.